The number of aliphatic hydroxyl groups excluding tert-OH is 1. The number of hydrogen-bond acceptors (Lipinski definition) is 5. The molecule has 114 valence electrons. The van der Waals surface area contributed by atoms with E-state index >= 15 is 0 Å². The minimum atomic E-state index is -0.668. The van der Waals surface area contributed by atoms with Crippen molar-refractivity contribution in [2.24, 2.45) is 22.1 Å². The van der Waals surface area contributed by atoms with Crippen molar-refractivity contribution in [3.8, 4) is 5.75 Å². The molecule has 0 bridgehead atoms. The minimum absolute atomic E-state index is 0.0397. The highest BCUT2D eigenvalue weighted by atomic mass is 16.3. The molecule has 22 heavy (non-hydrogen) atoms. The van der Waals surface area contributed by atoms with E-state index < -0.39 is 5.91 Å². The van der Waals surface area contributed by atoms with E-state index in [1.165, 1.54) is 24.3 Å². The predicted molar refractivity (Wildman–Crippen MR) is 77.4 cm³/mol. The Morgan fingerprint density at radius 3 is 2.55 bits per heavy atom. The summed E-state index contributed by atoms with van der Waals surface area (Å²) in [7, 11) is 0. The molecule has 6 nitrogen and oxygen atoms in total. The molecule has 0 radical (unpaired) electrons. The van der Waals surface area contributed by atoms with Crippen LogP contribution in [-0.2, 0) is 4.79 Å². The maximum Gasteiger partial charge on any atom is 0.295 e. The van der Waals surface area contributed by atoms with Gasteiger partial charge in [-0.1, -0.05) is 18.9 Å². The summed E-state index contributed by atoms with van der Waals surface area (Å²) in [4.78, 5) is 24.1. The van der Waals surface area contributed by atoms with E-state index in [9.17, 15) is 19.8 Å². The maximum atomic E-state index is 12.2. The van der Waals surface area contributed by atoms with Gasteiger partial charge < -0.3 is 10.2 Å². The Morgan fingerprint density at radius 2 is 1.86 bits per heavy atom. The SMILES string of the molecule is O=C(N=NC1=C(O)C2CCCCC2C1=O)c1cccc(O)c1. The number of phenols is 1. The zero-order valence-corrected chi connectivity index (χ0v) is 11.9. The highest BCUT2D eigenvalue weighted by Gasteiger charge is 2.43. The van der Waals surface area contributed by atoms with Gasteiger partial charge in [-0.2, -0.15) is 0 Å². The van der Waals surface area contributed by atoms with Gasteiger partial charge in [0.15, 0.2) is 11.5 Å². The van der Waals surface area contributed by atoms with Gasteiger partial charge in [-0.3, -0.25) is 9.59 Å². The lowest BCUT2D eigenvalue weighted by Gasteiger charge is -2.23. The molecule has 1 aromatic carbocycles. The van der Waals surface area contributed by atoms with E-state index in [1.807, 2.05) is 0 Å². The third-order valence-electron chi connectivity index (χ3n) is 4.26. The third kappa shape index (κ3) is 2.52. The number of benzene rings is 1. The highest BCUT2D eigenvalue weighted by Crippen LogP contribution is 2.42. The molecule has 1 saturated carbocycles. The molecule has 1 aromatic rings. The van der Waals surface area contributed by atoms with Crippen molar-refractivity contribution in [3.63, 3.8) is 0 Å². The van der Waals surface area contributed by atoms with Crippen LogP contribution in [0.1, 0.15) is 36.0 Å². The van der Waals surface area contributed by atoms with Crippen LogP contribution in [0.4, 0.5) is 0 Å². The van der Waals surface area contributed by atoms with E-state index in [0.29, 0.717) is 0 Å². The number of rotatable bonds is 2. The number of ketones is 1. The molecule has 1 fully saturated rings. The second kappa shape index (κ2) is 5.71. The number of Topliss-reactive ketones (excluding diaryl/α,β-unsaturated/α-hetero) is 1. The fraction of sp³-hybridized carbons (Fsp3) is 0.375. The zero-order chi connectivity index (χ0) is 15.7. The second-order valence-corrected chi connectivity index (χ2v) is 5.65. The van der Waals surface area contributed by atoms with Crippen molar-refractivity contribution in [2.45, 2.75) is 25.7 Å². The summed E-state index contributed by atoms with van der Waals surface area (Å²) in [5, 5.41) is 26.7. The lowest BCUT2D eigenvalue weighted by molar-refractivity contribution is -0.120. The molecule has 0 spiro atoms. The highest BCUT2D eigenvalue weighted by molar-refractivity contribution is 6.01. The summed E-state index contributed by atoms with van der Waals surface area (Å²) >= 11 is 0. The lowest BCUT2D eigenvalue weighted by atomic mass is 9.80. The van der Waals surface area contributed by atoms with Crippen molar-refractivity contribution in [1.29, 1.82) is 0 Å². The Balaban J connectivity index is 1.81. The van der Waals surface area contributed by atoms with Gasteiger partial charge in [0.2, 0.25) is 0 Å². The monoisotopic (exact) mass is 300 g/mol. The van der Waals surface area contributed by atoms with Crippen molar-refractivity contribution < 1.29 is 19.8 Å². The Labute approximate surface area is 127 Å². The fourth-order valence-electron chi connectivity index (χ4n) is 3.14. The van der Waals surface area contributed by atoms with E-state index in [0.717, 1.165) is 25.7 Å². The Bertz CT molecular complexity index is 693. The Hall–Kier alpha value is -2.50. The Kier molecular flexibility index (Phi) is 3.75. The van der Waals surface area contributed by atoms with Crippen molar-refractivity contribution in [1.82, 2.24) is 0 Å². The zero-order valence-electron chi connectivity index (χ0n) is 11.9. The summed E-state index contributed by atoms with van der Waals surface area (Å²) in [5.41, 5.74) is 0.0807. The van der Waals surface area contributed by atoms with Crippen LogP contribution in [0.3, 0.4) is 0 Å². The first-order chi connectivity index (χ1) is 10.6. The first-order valence-electron chi connectivity index (χ1n) is 7.30. The molecule has 2 aliphatic rings. The number of carbonyl (C=O) groups is 2. The fourth-order valence-corrected chi connectivity index (χ4v) is 3.14. The molecule has 0 aliphatic heterocycles. The molecule has 0 heterocycles. The van der Waals surface area contributed by atoms with Crippen LogP contribution in [-0.4, -0.2) is 21.9 Å². The molecule has 2 N–H and O–H groups in total. The molecule has 0 saturated heterocycles. The predicted octanol–water partition coefficient (Wildman–Crippen LogP) is 3.14. The van der Waals surface area contributed by atoms with E-state index in [2.05, 4.69) is 10.2 Å². The molecule has 2 aliphatic carbocycles. The van der Waals surface area contributed by atoms with Crippen LogP contribution in [0.2, 0.25) is 0 Å². The van der Waals surface area contributed by atoms with Gasteiger partial charge >= 0.3 is 0 Å². The van der Waals surface area contributed by atoms with Gasteiger partial charge in [0.05, 0.1) is 0 Å². The third-order valence-corrected chi connectivity index (χ3v) is 4.26. The van der Waals surface area contributed by atoms with Gasteiger partial charge in [-0.15, -0.1) is 10.2 Å². The number of azo groups is 1. The van der Waals surface area contributed by atoms with Crippen LogP contribution >= 0.6 is 0 Å². The van der Waals surface area contributed by atoms with Crippen molar-refractivity contribution in [3.05, 3.63) is 41.3 Å². The first kappa shape index (κ1) is 14.4. The average Bonchev–Trinajstić information content (AvgIpc) is 2.77. The van der Waals surface area contributed by atoms with Crippen LogP contribution in [0, 0.1) is 11.8 Å². The van der Waals surface area contributed by atoms with E-state index in [1.54, 1.807) is 0 Å². The summed E-state index contributed by atoms with van der Waals surface area (Å²) in [6.07, 6.45) is 3.45. The largest absolute Gasteiger partial charge is 0.510 e. The van der Waals surface area contributed by atoms with Crippen LogP contribution in [0.15, 0.2) is 46.0 Å². The molecule has 6 heteroatoms. The topological polar surface area (TPSA) is 99.3 Å². The van der Waals surface area contributed by atoms with Gasteiger partial charge in [0, 0.05) is 17.4 Å². The summed E-state index contributed by atoms with van der Waals surface area (Å²) < 4.78 is 0. The number of amides is 1. The summed E-state index contributed by atoms with van der Waals surface area (Å²) in [5.74, 6) is -1.38. The number of allylic oxidation sites excluding steroid dienone is 2. The maximum absolute atomic E-state index is 12.2. The van der Waals surface area contributed by atoms with Crippen LogP contribution in [0.5, 0.6) is 5.75 Å². The van der Waals surface area contributed by atoms with Crippen LogP contribution in [0.25, 0.3) is 0 Å². The molecule has 0 aromatic heterocycles. The minimum Gasteiger partial charge on any atom is -0.510 e. The standard InChI is InChI=1S/C16H16N2O4/c19-10-5-3-4-9(8-10)16(22)18-17-13-14(20)11-6-1-2-7-12(11)15(13)21/h3-5,8,11-12,19-20H,1-2,6-7H2. The first-order valence-corrected chi connectivity index (χ1v) is 7.30. The lowest BCUT2D eigenvalue weighted by Crippen LogP contribution is -2.21. The molecule has 1 amide bonds. The smallest absolute Gasteiger partial charge is 0.295 e. The van der Waals surface area contributed by atoms with Gasteiger partial charge in [-0.25, -0.2) is 0 Å². The molecule has 3 rings (SSSR count). The molecule has 2 atom stereocenters. The van der Waals surface area contributed by atoms with Gasteiger partial charge in [-0.05, 0) is 31.0 Å². The molecular formula is C16H16N2O4. The van der Waals surface area contributed by atoms with Crippen LogP contribution < -0.4 is 0 Å². The second-order valence-electron chi connectivity index (χ2n) is 5.65. The van der Waals surface area contributed by atoms with E-state index in [4.69, 9.17) is 0 Å². The number of nitrogens with zero attached hydrogens (tertiary/aromatic N) is 2. The quantitative estimate of drug-likeness (QED) is 0.819. The summed E-state index contributed by atoms with van der Waals surface area (Å²) in [6, 6.07) is 5.72. The van der Waals surface area contributed by atoms with Crippen molar-refractivity contribution in [2.75, 3.05) is 0 Å². The number of fused-ring (bicyclic) bond motifs is 1. The number of aliphatic hydroxyl groups is 1. The molecule has 2 unspecified atom stereocenters. The summed E-state index contributed by atoms with van der Waals surface area (Å²) in [6.45, 7) is 0. The van der Waals surface area contributed by atoms with Gasteiger partial charge in [0.1, 0.15) is 11.5 Å². The van der Waals surface area contributed by atoms with Crippen molar-refractivity contribution >= 4 is 11.7 Å². The number of hydrogen-bond donors (Lipinski definition) is 2. The molecular weight excluding hydrogens is 284 g/mol. The number of phenolic OH excluding ortho intramolecular Hbond substituents is 1. The van der Waals surface area contributed by atoms with Gasteiger partial charge in [0.25, 0.3) is 5.91 Å². The Morgan fingerprint density at radius 1 is 1.14 bits per heavy atom. The van der Waals surface area contributed by atoms with E-state index in [-0.39, 0.29) is 40.4 Å². The number of carbonyl (C=O) groups excluding carboxylic acids is 2. The number of aromatic hydroxyl groups is 1. The average molecular weight is 300 g/mol. The normalized spacial score (nSPS) is 24.8.